The number of aliphatic hydroxyl groups excluding tert-OH is 1. The second-order valence-electron chi connectivity index (χ2n) is 14.0. The van der Waals surface area contributed by atoms with E-state index in [1.807, 2.05) is 12.2 Å². The minimum Gasteiger partial charge on any atom is -0.490 e. The van der Waals surface area contributed by atoms with Crippen LogP contribution < -0.4 is 5.32 Å². The number of amides is 1. The Bertz CT molecular complexity index is 1140. The number of allylic oxidation sites excluding steroid dienone is 8. The van der Waals surface area contributed by atoms with E-state index < -0.39 is 18.0 Å². The molecule has 6 heteroatoms. The summed E-state index contributed by atoms with van der Waals surface area (Å²) in [6, 6.07) is 0. The fourth-order valence-corrected chi connectivity index (χ4v) is 5.80. The first-order valence-corrected chi connectivity index (χ1v) is 14.6. The minimum atomic E-state index is -1.62. The molecular formula is C34H49NO5. The van der Waals surface area contributed by atoms with E-state index in [1.165, 1.54) is 11.1 Å². The first-order valence-electron chi connectivity index (χ1n) is 14.6. The Morgan fingerprint density at radius 3 is 2.27 bits per heavy atom. The molecule has 220 valence electrons. The van der Waals surface area contributed by atoms with Crippen molar-refractivity contribution in [2.24, 2.45) is 34.5 Å². The van der Waals surface area contributed by atoms with E-state index in [2.05, 4.69) is 91.1 Å². The van der Waals surface area contributed by atoms with Crippen LogP contribution in [0.5, 0.6) is 0 Å². The van der Waals surface area contributed by atoms with Gasteiger partial charge in [0.25, 0.3) is 5.91 Å². The van der Waals surface area contributed by atoms with Crippen molar-refractivity contribution in [2.45, 2.75) is 86.9 Å². The zero-order valence-corrected chi connectivity index (χ0v) is 25.5. The molecule has 3 rings (SSSR count). The molecule has 3 aliphatic rings. The van der Waals surface area contributed by atoms with E-state index in [4.69, 9.17) is 9.84 Å². The van der Waals surface area contributed by atoms with Crippen LogP contribution in [-0.4, -0.2) is 40.8 Å². The highest BCUT2D eigenvalue weighted by Gasteiger charge is 2.32. The average Bonchev–Trinajstić information content (AvgIpc) is 2.85. The number of hydrogen-bond acceptors (Lipinski definition) is 4. The molecule has 0 aromatic carbocycles. The van der Waals surface area contributed by atoms with Crippen molar-refractivity contribution in [3.05, 3.63) is 71.1 Å². The first kappa shape index (κ1) is 31.7. The molecular weight excluding hydrogens is 502 g/mol. The molecule has 0 bridgehead atoms. The predicted molar refractivity (Wildman–Crippen MR) is 160 cm³/mol. The van der Waals surface area contributed by atoms with E-state index in [0.29, 0.717) is 29.7 Å². The average molecular weight is 552 g/mol. The van der Waals surface area contributed by atoms with Gasteiger partial charge in [0, 0.05) is 17.4 Å². The maximum absolute atomic E-state index is 12.5. The Kier molecular flexibility index (Phi) is 10.1. The third kappa shape index (κ3) is 8.57. The summed E-state index contributed by atoms with van der Waals surface area (Å²) in [5, 5.41) is 20.7. The SMILES string of the molecule is CC1=CC(OC(CC(C)(C)C)C2C=CC(C(=O)NC[C@@H](O)C(=O)O)=CC2)=CC(C)C1C1=CCC(C(C)(C)C)C=C1. The Morgan fingerprint density at radius 1 is 1.07 bits per heavy atom. The first-order chi connectivity index (χ1) is 18.5. The van der Waals surface area contributed by atoms with Gasteiger partial charge in [-0.2, -0.15) is 0 Å². The molecule has 0 spiro atoms. The Balaban J connectivity index is 1.68. The van der Waals surface area contributed by atoms with Gasteiger partial charge in [0.2, 0.25) is 0 Å². The number of carboxylic acid groups (broad SMARTS) is 1. The van der Waals surface area contributed by atoms with Crippen molar-refractivity contribution < 1.29 is 24.5 Å². The van der Waals surface area contributed by atoms with Gasteiger partial charge in [0.15, 0.2) is 6.10 Å². The van der Waals surface area contributed by atoms with Crippen LogP contribution in [0.1, 0.15) is 74.7 Å². The molecule has 6 atom stereocenters. The summed E-state index contributed by atoms with van der Waals surface area (Å²) in [5.74, 6) is 0.482. The largest absolute Gasteiger partial charge is 0.490 e. The van der Waals surface area contributed by atoms with Crippen molar-refractivity contribution in [3.8, 4) is 0 Å². The summed E-state index contributed by atoms with van der Waals surface area (Å²) in [6.07, 6.45) is 18.1. The van der Waals surface area contributed by atoms with Crippen molar-refractivity contribution in [2.75, 3.05) is 6.54 Å². The molecule has 0 aromatic rings. The standard InChI is InChI=1S/C34H49NO5/c1-21-17-27(18-22(2)30(21)24-13-15-26(16-14-24)34(6,7)8)40-29(19-33(3,4)5)23-9-11-25(12-10-23)31(37)35-20-28(36)32(38)39/h9,11-15,17-18,21,23,26,28-30,36H,10,16,19-20H2,1-8H3,(H,35,37)(H,38,39)/t21?,23?,26?,28-,29?,30?/m1/s1. The summed E-state index contributed by atoms with van der Waals surface area (Å²) in [6.45, 7) is 17.7. The number of aliphatic hydroxyl groups is 1. The van der Waals surface area contributed by atoms with Crippen LogP contribution in [0.3, 0.4) is 0 Å². The van der Waals surface area contributed by atoms with Crippen LogP contribution in [0.2, 0.25) is 0 Å². The summed E-state index contributed by atoms with van der Waals surface area (Å²) < 4.78 is 6.71. The minimum absolute atomic E-state index is 0.0519. The Labute approximate surface area is 240 Å². The van der Waals surface area contributed by atoms with Crippen molar-refractivity contribution >= 4 is 11.9 Å². The van der Waals surface area contributed by atoms with Gasteiger partial charge >= 0.3 is 5.97 Å². The lowest BCUT2D eigenvalue weighted by atomic mass is 9.72. The normalized spacial score (nSPS) is 26.6. The van der Waals surface area contributed by atoms with Crippen LogP contribution in [0, 0.1) is 34.5 Å². The molecule has 1 amide bonds. The summed E-state index contributed by atoms with van der Waals surface area (Å²) in [5.41, 5.74) is 3.49. The smallest absolute Gasteiger partial charge is 0.334 e. The highest BCUT2D eigenvalue weighted by Crippen LogP contribution is 2.41. The highest BCUT2D eigenvalue weighted by molar-refractivity contribution is 5.96. The molecule has 0 fully saturated rings. The zero-order chi connectivity index (χ0) is 29.8. The fraction of sp³-hybridized carbons (Fsp3) is 0.588. The van der Waals surface area contributed by atoms with Crippen LogP contribution >= 0.6 is 0 Å². The number of nitrogens with one attached hydrogen (secondary N) is 1. The third-order valence-corrected chi connectivity index (χ3v) is 8.13. The lowest BCUT2D eigenvalue weighted by Gasteiger charge is -2.36. The third-order valence-electron chi connectivity index (χ3n) is 8.13. The van der Waals surface area contributed by atoms with Crippen LogP contribution in [-0.2, 0) is 14.3 Å². The molecule has 40 heavy (non-hydrogen) atoms. The van der Waals surface area contributed by atoms with Gasteiger partial charge in [-0.15, -0.1) is 0 Å². The second kappa shape index (κ2) is 12.8. The molecule has 3 aliphatic carbocycles. The maximum Gasteiger partial charge on any atom is 0.334 e. The quantitative estimate of drug-likeness (QED) is 0.303. The molecule has 0 saturated heterocycles. The summed E-state index contributed by atoms with van der Waals surface area (Å²) in [7, 11) is 0. The van der Waals surface area contributed by atoms with Gasteiger partial charge in [-0.1, -0.05) is 90.5 Å². The van der Waals surface area contributed by atoms with E-state index in [-0.39, 0.29) is 29.4 Å². The molecule has 6 nitrogen and oxygen atoms in total. The van der Waals surface area contributed by atoms with Gasteiger partial charge in [-0.05, 0) is 66.6 Å². The van der Waals surface area contributed by atoms with Crippen molar-refractivity contribution in [1.29, 1.82) is 0 Å². The monoisotopic (exact) mass is 551 g/mol. The number of carbonyl (C=O) groups is 2. The Morgan fingerprint density at radius 2 is 1.77 bits per heavy atom. The van der Waals surface area contributed by atoms with Gasteiger partial charge in [-0.25, -0.2) is 4.79 Å². The van der Waals surface area contributed by atoms with Gasteiger partial charge in [0.05, 0.1) is 6.54 Å². The number of carboxylic acids is 1. The van der Waals surface area contributed by atoms with Crippen LogP contribution in [0.4, 0.5) is 0 Å². The molecule has 3 N–H and O–H groups in total. The fourth-order valence-electron chi connectivity index (χ4n) is 5.80. The zero-order valence-electron chi connectivity index (χ0n) is 25.5. The van der Waals surface area contributed by atoms with Crippen molar-refractivity contribution in [3.63, 3.8) is 0 Å². The summed E-state index contributed by atoms with van der Waals surface area (Å²) >= 11 is 0. The maximum atomic E-state index is 12.5. The van der Waals surface area contributed by atoms with Gasteiger partial charge < -0.3 is 20.3 Å². The number of rotatable bonds is 9. The molecule has 0 radical (unpaired) electrons. The van der Waals surface area contributed by atoms with E-state index >= 15 is 0 Å². The lowest BCUT2D eigenvalue weighted by Crippen LogP contribution is -2.37. The molecule has 0 aliphatic heterocycles. The molecule has 5 unspecified atom stereocenters. The topological polar surface area (TPSA) is 95.9 Å². The van der Waals surface area contributed by atoms with Crippen LogP contribution in [0.15, 0.2) is 71.1 Å². The number of carbonyl (C=O) groups excluding carboxylic acids is 1. The van der Waals surface area contributed by atoms with Crippen molar-refractivity contribution in [1.82, 2.24) is 5.32 Å². The van der Waals surface area contributed by atoms with E-state index in [9.17, 15) is 14.7 Å². The number of ether oxygens (including phenoxy) is 1. The van der Waals surface area contributed by atoms with E-state index in [1.54, 1.807) is 6.08 Å². The summed E-state index contributed by atoms with van der Waals surface area (Å²) in [4.78, 5) is 23.3. The second-order valence-corrected chi connectivity index (χ2v) is 14.0. The highest BCUT2D eigenvalue weighted by atomic mass is 16.5. The molecule has 0 saturated carbocycles. The Hall–Kier alpha value is -2.86. The lowest BCUT2D eigenvalue weighted by molar-refractivity contribution is -0.146. The molecule has 0 aromatic heterocycles. The van der Waals surface area contributed by atoms with Crippen LogP contribution in [0.25, 0.3) is 0 Å². The van der Waals surface area contributed by atoms with Gasteiger partial charge in [0.1, 0.15) is 11.9 Å². The number of hydrogen-bond donors (Lipinski definition) is 3. The predicted octanol–water partition coefficient (Wildman–Crippen LogP) is 6.52. The van der Waals surface area contributed by atoms with E-state index in [0.717, 1.165) is 18.6 Å². The van der Waals surface area contributed by atoms with Gasteiger partial charge in [-0.3, -0.25) is 4.79 Å². The number of aliphatic carboxylic acids is 1. The molecule has 0 heterocycles.